The second kappa shape index (κ2) is 8.67. The minimum atomic E-state index is -0.319. The standard InChI is InChI=1S/C23H21N3OS/c27-23(21(17-8-3-1-4-9-17)18-10-5-2-6-11-18)24-14-13-19-22(26-16-25-19)20-12-7-15-28-20/h1-12,15-16,21H,13-14H2,(H,24,27)(H,25,26). The first-order chi connectivity index (χ1) is 13.8. The number of rotatable bonds is 7. The molecule has 4 rings (SSSR count). The number of amides is 1. The molecule has 0 unspecified atom stereocenters. The van der Waals surface area contributed by atoms with Crippen LogP contribution in [0, 0.1) is 0 Å². The molecule has 0 saturated heterocycles. The van der Waals surface area contributed by atoms with Gasteiger partial charge < -0.3 is 10.3 Å². The van der Waals surface area contributed by atoms with Crippen LogP contribution in [0.3, 0.4) is 0 Å². The third-order valence-electron chi connectivity index (χ3n) is 4.68. The largest absolute Gasteiger partial charge is 0.355 e. The van der Waals surface area contributed by atoms with Gasteiger partial charge in [-0.15, -0.1) is 11.3 Å². The molecule has 2 heterocycles. The Morgan fingerprint density at radius 1 is 0.964 bits per heavy atom. The Kier molecular flexibility index (Phi) is 5.64. The summed E-state index contributed by atoms with van der Waals surface area (Å²) in [5, 5.41) is 5.15. The lowest BCUT2D eigenvalue weighted by molar-refractivity contribution is -0.121. The van der Waals surface area contributed by atoms with E-state index in [1.807, 2.05) is 72.1 Å². The van der Waals surface area contributed by atoms with Crippen LogP contribution in [-0.2, 0) is 11.2 Å². The molecule has 2 aromatic heterocycles. The van der Waals surface area contributed by atoms with E-state index in [1.165, 1.54) is 0 Å². The number of thiophene rings is 1. The van der Waals surface area contributed by atoms with Gasteiger partial charge in [0, 0.05) is 18.7 Å². The highest BCUT2D eigenvalue weighted by molar-refractivity contribution is 7.13. The average molecular weight is 388 g/mol. The van der Waals surface area contributed by atoms with Gasteiger partial charge in [0.2, 0.25) is 5.91 Å². The number of carbonyl (C=O) groups is 1. The number of aromatic nitrogens is 2. The van der Waals surface area contributed by atoms with E-state index >= 15 is 0 Å². The number of aromatic amines is 1. The van der Waals surface area contributed by atoms with E-state index in [1.54, 1.807) is 17.7 Å². The molecule has 0 fully saturated rings. The minimum absolute atomic E-state index is 0.00888. The molecule has 0 atom stereocenters. The molecular weight excluding hydrogens is 366 g/mol. The number of hydrogen-bond acceptors (Lipinski definition) is 3. The summed E-state index contributed by atoms with van der Waals surface area (Å²) in [6.45, 7) is 0.551. The average Bonchev–Trinajstić information content (AvgIpc) is 3.41. The van der Waals surface area contributed by atoms with Gasteiger partial charge in [0.1, 0.15) is 5.69 Å². The van der Waals surface area contributed by atoms with Gasteiger partial charge >= 0.3 is 0 Å². The monoisotopic (exact) mass is 387 g/mol. The first-order valence-corrected chi connectivity index (χ1v) is 10.1. The van der Waals surface area contributed by atoms with Crippen molar-refractivity contribution in [2.24, 2.45) is 0 Å². The molecule has 140 valence electrons. The second-order valence-electron chi connectivity index (χ2n) is 6.50. The minimum Gasteiger partial charge on any atom is -0.355 e. The number of imidazole rings is 1. The van der Waals surface area contributed by atoms with Crippen LogP contribution < -0.4 is 5.32 Å². The van der Waals surface area contributed by atoms with Crippen LogP contribution in [0.25, 0.3) is 10.6 Å². The molecule has 0 saturated carbocycles. The second-order valence-corrected chi connectivity index (χ2v) is 7.45. The predicted molar refractivity (Wildman–Crippen MR) is 113 cm³/mol. The molecule has 0 radical (unpaired) electrons. The van der Waals surface area contributed by atoms with E-state index in [2.05, 4.69) is 21.4 Å². The number of hydrogen-bond donors (Lipinski definition) is 2. The summed E-state index contributed by atoms with van der Waals surface area (Å²) in [4.78, 5) is 21.8. The molecule has 0 spiro atoms. The van der Waals surface area contributed by atoms with Crippen molar-refractivity contribution in [2.45, 2.75) is 12.3 Å². The summed E-state index contributed by atoms with van der Waals surface area (Å²) < 4.78 is 0. The predicted octanol–water partition coefficient (Wildman–Crippen LogP) is 4.63. The van der Waals surface area contributed by atoms with E-state index in [0.717, 1.165) is 27.4 Å². The van der Waals surface area contributed by atoms with Crippen molar-refractivity contribution in [2.75, 3.05) is 6.54 Å². The van der Waals surface area contributed by atoms with E-state index in [4.69, 9.17) is 0 Å². The Hall–Kier alpha value is -3.18. The fourth-order valence-electron chi connectivity index (χ4n) is 3.34. The molecular formula is C23H21N3OS. The van der Waals surface area contributed by atoms with E-state index in [-0.39, 0.29) is 11.8 Å². The van der Waals surface area contributed by atoms with Crippen LogP contribution in [0.5, 0.6) is 0 Å². The highest BCUT2D eigenvalue weighted by Gasteiger charge is 2.22. The van der Waals surface area contributed by atoms with Gasteiger partial charge in [-0.1, -0.05) is 66.7 Å². The molecule has 4 nitrogen and oxygen atoms in total. The Bertz CT molecular complexity index is 971. The number of carbonyl (C=O) groups excluding carboxylic acids is 1. The van der Waals surface area contributed by atoms with Crippen LogP contribution in [0.15, 0.2) is 84.5 Å². The van der Waals surface area contributed by atoms with Crippen LogP contribution >= 0.6 is 11.3 Å². The third kappa shape index (κ3) is 4.05. The zero-order valence-electron chi connectivity index (χ0n) is 15.3. The molecule has 2 N–H and O–H groups in total. The molecule has 5 heteroatoms. The Labute approximate surface area is 168 Å². The fraction of sp³-hybridized carbons (Fsp3) is 0.130. The first-order valence-electron chi connectivity index (χ1n) is 9.26. The lowest BCUT2D eigenvalue weighted by atomic mass is 9.90. The van der Waals surface area contributed by atoms with Crippen molar-refractivity contribution in [3.63, 3.8) is 0 Å². The Morgan fingerprint density at radius 2 is 1.64 bits per heavy atom. The van der Waals surface area contributed by atoms with Gasteiger partial charge in [-0.2, -0.15) is 0 Å². The summed E-state index contributed by atoms with van der Waals surface area (Å²) >= 11 is 1.66. The maximum atomic E-state index is 13.1. The number of benzene rings is 2. The zero-order valence-corrected chi connectivity index (χ0v) is 16.2. The lowest BCUT2D eigenvalue weighted by Gasteiger charge is -2.18. The highest BCUT2D eigenvalue weighted by Crippen LogP contribution is 2.26. The van der Waals surface area contributed by atoms with Gasteiger partial charge in [-0.05, 0) is 22.6 Å². The highest BCUT2D eigenvalue weighted by atomic mass is 32.1. The van der Waals surface area contributed by atoms with E-state index < -0.39 is 0 Å². The lowest BCUT2D eigenvalue weighted by Crippen LogP contribution is -2.31. The van der Waals surface area contributed by atoms with E-state index in [9.17, 15) is 4.79 Å². The van der Waals surface area contributed by atoms with Crippen molar-refractivity contribution >= 4 is 17.2 Å². The molecule has 2 aromatic carbocycles. The van der Waals surface area contributed by atoms with Crippen LogP contribution in [-0.4, -0.2) is 22.4 Å². The number of H-pyrrole nitrogens is 1. The first kappa shape index (κ1) is 18.2. The topological polar surface area (TPSA) is 57.8 Å². The summed E-state index contributed by atoms with van der Waals surface area (Å²) in [5.74, 6) is -0.310. The van der Waals surface area contributed by atoms with Crippen molar-refractivity contribution in [1.29, 1.82) is 0 Å². The van der Waals surface area contributed by atoms with Crippen molar-refractivity contribution in [3.05, 3.63) is 101 Å². The molecule has 1 amide bonds. The quantitative estimate of drug-likeness (QED) is 0.486. The maximum absolute atomic E-state index is 13.1. The smallest absolute Gasteiger partial charge is 0.232 e. The van der Waals surface area contributed by atoms with Crippen molar-refractivity contribution in [1.82, 2.24) is 15.3 Å². The fourth-order valence-corrected chi connectivity index (χ4v) is 4.08. The zero-order chi connectivity index (χ0) is 19.2. The Morgan fingerprint density at radius 3 is 2.25 bits per heavy atom. The number of nitrogens with one attached hydrogen (secondary N) is 2. The molecule has 0 bridgehead atoms. The van der Waals surface area contributed by atoms with Crippen LogP contribution in [0.2, 0.25) is 0 Å². The summed E-state index contributed by atoms with van der Waals surface area (Å²) in [6.07, 6.45) is 2.41. The molecule has 0 aliphatic heterocycles. The van der Waals surface area contributed by atoms with Crippen LogP contribution in [0.1, 0.15) is 22.7 Å². The van der Waals surface area contributed by atoms with Gasteiger partial charge in [0.15, 0.2) is 0 Å². The summed E-state index contributed by atoms with van der Waals surface area (Å²) in [6, 6.07) is 23.9. The van der Waals surface area contributed by atoms with Crippen LogP contribution in [0.4, 0.5) is 0 Å². The maximum Gasteiger partial charge on any atom is 0.232 e. The van der Waals surface area contributed by atoms with Gasteiger partial charge in [0.05, 0.1) is 17.1 Å². The van der Waals surface area contributed by atoms with E-state index in [0.29, 0.717) is 13.0 Å². The summed E-state index contributed by atoms with van der Waals surface area (Å²) in [7, 11) is 0. The van der Waals surface area contributed by atoms with Gasteiger partial charge in [-0.3, -0.25) is 4.79 Å². The molecule has 0 aliphatic rings. The Balaban J connectivity index is 1.47. The number of nitrogens with zero attached hydrogens (tertiary/aromatic N) is 1. The molecule has 4 aromatic rings. The van der Waals surface area contributed by atoms with Crippen molar-refractivity contribution < 1.29 is 4.79 Å². The molecule has 0 aliphatic carbocycles. The van der Waals surface area contributed by atoms with Crippen molar-refractivity contribution in [3.8, 4) is 10.6 Å². The normalized spacial score (nSPS) is 10.9. The summed E-state index contributed by atoms with van der Waals surface area (Å²) in [5.41, 5.74) is 3.99. The molecule has 28 heavy (non-hydrogen) atoms. The van der Waals surface area contributed by atoms with Gasteiger partial charge in [-0.25, -0.2) is 4.98 Å². The van der Waals surface area contributed by atoms with Gasteiger partial charge in [0.25, 0.3) is 0 Å². The third-order valence-corrected chi connectivity index (χ3v) is 5.55. The SMILES string of the molecule is O=C(NCCc1[nH]cnc1-c1cccs1)C(c1ccccc1)c1ccccc1.